The van der Waals surface area contributed by atoms with Crippen LogP contribution in [0.4, 0.5) is 0 Å². The Morgan fingerprint density at radius 2 is 1.82 bits per heavy atom. The van der Waals surface area contributed by atoms with E-state index in [0.29, 0.717) is 12.3 Å². The molecule has 2 aromatic rings. The van der Waals surface area contributed by atoms with Crippen LogP contribution < -0.4 is 5.32 Å². The standard InChI is InChI=1S/C15H17N3OS3/c1-11(2)9-20-14-17-18-15(22-14)21-10-13(19)16-8-12-6-4-3-5-7-12/h3-7H,1,8-10H2,2H3,(H,16,19). The summed E-state index contributed by atoms with van der Waals surface area (Å²) in [6.07, 6.45) is 0. The summed E-state index contributed by atoms with van der Waals surface area (Å²) >= 11 is 4.55. The predicted octanol–water partition coefficient (Wildman–Crippen LogP) is 3.61. The Balaban J connectivity index is 1.71. The molecule has 1 N–H and O–H groups in total. The van der Waals surface area contributed by atoms with Crippen LogP contribution in [0.2, 0.25) is 0 Å². The van der Waals surface area contributed by atoms with Crippen molar-refractivity contribution in [2.75, 3.05) is 11.5 Å². The zero-order valence-electron chi connectivity index (χ0n) is 12.2. The first-order valence-electron chi connectivity index (χ1n) is 6.67. The minimum Gasteiger partial charge on any atom is -0.351 e. The maximum atomic E-state index is 11.8. The summed E-state index contributed by atoms with van der Waals surface area (Å²) in [6.45, 7) is 6.40. The number of carbonyl (C=O) groups excluding carboxylic acids is 1. The van der Waals surface area contributed by atoms with Crippen LogP contribution in [0.5, 0.6) is 0 Å². The van der Waals surface area contributed by atoms with Crippen molar-refractivity contribution in [2.24, 2.45) is 0 Å². The maximum absolute atomic E-state index is 11.8. The van der Waals surface area contributed by atoms with Crippen LogP contribution in [0, 0.1) is 0 Å². The van der Waals surface area contributed by atoms with Gasteiger partial charge < -0.3 is 5.32 Å². The maximum Gasteiger partial charge on any atom is 0.230 e. The lowest BCUT2D eigenvalue weighted by molar-refractivity contribution is -0.118. The Morgan fingerprint density at radius 3 is 2.45 bits per heavy atom. The Bertz CT molecular complexity index is 628. The molecule has 0 atom stereocenters. The van der Waals surface area contributed by atoms with Gasteiger partial charge in [0.15, 0.2) is 8.68 Å². The molecule has 0 aliphatic carbocycles. The van der Waals surface area contributed by atoms with Crippen molar-refractivity contribution in [2.45, 2.75) is 22.1 Å². The molecule has 0 saturated heterocycles. The highest BCUT2D eigenvalue weighted by Crippen LogP contribution is 2.29. The Hall–Kier alpha value is -1.31. The van der Waals surface area contributed by atoms with Gasteiger partial charge in [0, 0.05) is 12.3 Å². The lowest BCUT2D eigenvalue weighted by Crippen LogP contribution is -2.24. The molecule has 0 spiro atoms. The minimum atomic E-state index is 0.000178. The Labute approximate surface area is 142 Å². The molecule has 1 heterocycles. The third kappa shape index (κ3) is 6.21. The number of hydrogen-bond acceptors (Lipinski definition) is 6. The lowest BCUT2D eigenvalue weighted by Gasteiger charge is -2.03. The third-order valence-electron chi connectivity index (χ3n) is 2.49. The number of rotatable bonds is 8. The molecule has 0 aliphatic heterocycles. The first-order valence-corrected chi connectivity index (χ1v) is 9.46. The fourth-order valence-electron chi connectivity index (χ4n) is 1.47. The third-order valence-corrected chi connectivity index (χ3v) is 5.91. The highest BCUT2D eigenvalue weighted by atomic mass is 32.2. The van der Waals surface area contributed by atoms with Gasteiger partial charge in [-0.3, -0.25) is 4.79 Å². The predicted molar refractivity (Wildman–Crippen MR) is 94.5 cm³/mol. The molecule has 1 aromatic heterocycles. The normalized spacial score (nSPS) is 10.4. The van der Waals surface area contributed by atoms with Crippen molar-refractivity contribution >= 4 is 40.8 Å². The zero-order chi connectivity index (χ0) is 15.8. The van der Waals surface area contributed by atoms with Gasteiger partial charge in [0.05, 0.1) is 5.75 Å². The van der Waals surface area contributed by atoms with Gasteiger partial charge in [0.25, 0.3) is 0 Å². The molecular weight excluding hydrogens is 334 g/mol. The van der Waals surface area contributed by atoms with E-state index in [1.807, 2.05) is 37.3 Å². The fourth-order valence-corrected chi connectivity index (χ4v) is 4.17. The molecule has 0 radical (unpaired) electrons. The second-order valence-electron chi connectivity index (χ2n) is 4.63. The SMILES string of the molecule is C=C(C)CSc1nnc(SCC(=O)NCc2ccccc2)s1. The molecule has 1 aromatic carbocycles. The molecular formula is C15H17N3OS3. The molecule has 0 bridgehead atoms. The van der Waals surface area contributed by atoms with Crippen LogP contribution in [0.1, 0.15) is 12.5 Å². The molecule has 22 heavy (non-hydrogen) atoms. The van der Waals surface area contributed by atoms with Gasteiger partial charge in [-0.15, -0.1) is 10.2 Å². The minimum absolute atomic E-state index is 0.000178. The number of amides is 1. The van der Waals surface area contributed by atoms with E-state index in [-0.39, 0.29) is 5.91 Å². The topological polar surface area (TPSA) is 54.9 Å². The van der Waals surface area contributed by atoms with Crippen LogP contribution in [-0.2, 0) is 11.3 Å². The van der Waals surface area contributed by atoms with Gasteiger partial charge in [0.1, 0.15) is 0 Å². The first kappa shape index (κ1) is 17.1. The number of hydrogen-bond donors (Lipinski definition) is 1. The van der Waals surface area contributed by atoms with Crippen LogP contribution in [0.25, 0.3) is 0 Å². The number of thioether (sulfide) groups is 2. The molecule has 0 saturated carbocycles. The number of carbonyl (C=O) groups is 1. The largest absolute Gasteiger partial charge is 0.351 e. The Morgan fingerprint density at radius 1 is 1.18 bits per heavy atom. The van der Waals surface area contributed by atoms with Crippen molar-refractivity contribution in [3.05, 3.63) is 48.0 Å². The molecule has 1 amide bonds. The van der Waals surface area contributed by atoms with Crippen LogP contribution in [0.15, 0.2) is 51.2 Å². The van der Waals surface area contributed by atoms with Gasteiger partial charge in [-0.25, -0.2) is 0 Å². The molecule has 0 aliphatic rings. The van der Waals surface area contributed by atoms with E-state index in [4.69, 9.17) is 0 Å². The summed E-state index contributed by atoms with van der Waals surface area (Å²) in [5, 5.41) is 11.1. The Kier molecular flexibility index (Phi) is 6.95. The number of nitrogens with zero attached hydrogens (tertiary/aromatic N) is 2. The summed E-state index contributed by atoms with van der Waals surface area (Å²) in [5.74, 6) is 1.20. The molecule has 4 nitrogen and oxygen atoms in total. The number of benzene rings is 1. The van der Waals surface area contributed by atoms with Gasteiger partial charge in [-0.05, 0) is 12.5 Å². The summed E-state index contributed by atoms with van der Waals surface area (Å²) in [7, 11) is 0. The van der Waals surface area contributed by atoms with E-state index in [1.54, 1.807) is 11.8 Å². The monoisotopic (exact) mass is 351 g/mol. The van der Waals surface area contributed by atoms with E-state index >= 15 is 0 Å². The summed E-state index contributed by atoms with van der Waals surface area (Å²) < 4.78 is 1.73. The highest BCUT2D eigenvalue weighted by molar-refractivity contribution is 8.03. The van der Waals surface area contributed by atoms with Crippen molar-refractivity contribution in [3.63, 3.8) is 0 Å². The fraction of sp³-hybridized carbons (Fsp3) is 0.267. The van der Waals surface area contributed by atoms with Crippen LogP contribution in [-0.4, -0.2) is 27.6 Å². The van der Waals surface area contributed by atoms with E-state index in [2.05, 4.69) is 22.1 Å². The molecule has 2 rings (SSSR count). The second-order valence-corrected chi connectivity index (χ2v) is 8.05. The molecule has 0 unspecified atom stereocenters. The van der Waals surface area contributed by atoms with Crippen molar-refractivity contribution in [3.8, 4) is 0 Å². The van der Waals surface area contributed by atoms with E-state index < -0.39 is 0 Å². The van der Waals surface area contributed by atoms with Gasteiger partial charge in [-0.2, -0.15) is 0 Å². The second kappa shape index (κ2) is 8.97. The average Bonchev–Trinajstić information content (AvgIpc) is 2.98. The quantitative estimate of drug-likeness (QED) is 0.581. The van der Waals surface area contributed by atoms with E-state index in [0.717, 1.165) is 25.6 Å². The molecule has 7 heteroatoms. The number of aromatic nitrogens is 2. The smallest absolute Gasteiger partial charge is 0.230 e. The lowest BCUT2D eigenvalue weighted by atomic mass is 10.2. The average molecular weight is 352 g/mol. The highest BCUT2D eigenvalue weighted by Gasteiger charge is 2.08. The van der Waals surface area contributed by atoms with Gasteiger partial charge >= 0.3 is 0 Å². The van der Waals surface area contributed by atoms with Crippen molar-refractivity contribution < 1.29 is 4.79 Å². The molecule has 116 valence electrons. The summed E-state index contributed by atoms with van der Waals surface area (Å²) in [6, 6.07) is 9.86. The summed E-state index contributed by atoms with van der Waals surface area (Å²) in [4.78, 5) is 11.8. The number of nitrogens with one attached hydrogen (secondary N) is 1. The van der Waals surface area contributed by atoms with Crippen LogP contribution in [0.3, 0.4) is 0 Å². The van der Waals surface area contributed by atoms with E-state index in [1.165, 1.54) is 23.1 Å². The van der Waals surface area contributed by atoms with Crippen LogP contribution >= 0.6 is 34.9 Å². The summed E-state index contributed by atoms with van der Waals surface area (Å²) in [5.41, 5.74) is 2.20. The van der Waals surface area contributed by atoms with Gasteiger partial charge in [0.2, 0.25) is 5.91 Å². The van der Waals surface area contributed by atoms with Crippen molar-refractivity contribution in [1.29, 1.82) is 0 Å². The molecule has 0 fully saturated rings. The van der Waals surface area contributed by atoms with E-state index in [9.17, 15) is 4.79 Å². The zero-order valence-corrected chi connectivity index (χ0v) is 14.7. The van der Waals surface area contributed by atoms with Gasteiger partial charge in [-0.1, -0.05) is 77.3 Å². The van der Waals surface area contributed by atoms with Crippen molar-refractivity contribution in [1.82, 2.24) is 15.5 Å². The first-order chi connectivity index (χ1) is 10.6.